The predicted molar refractivity (Wildman–Crippen MR) is 254 cm³/mol. The minimum Gasteiger partial charge on any atom is -0.465 e. The Kier molecular flexibility index (Phi) is 16.6. The van der Waals surface area contributed by atoms with Crippen LogP contribution in [0, 0.1) is 35.5 Å². The molecule has 62 heavy (non-hydrogen) atoms. The van der Waals surface area contributed by atoms with Crippen molar-refractivity contribution >= 4 is 0 Å². The fraction of sp³-hybridized carbons (Fsp3) is 0.552. The third-order valence-corrected chi connectivity index (χ3v) is 14.8. The second-order valence-corrected chi connectivity index (χ2v) is 19.4. The van der Waals surface area contributed by atoms with E-state index in [4.69, 9.17) is 18.9 Å². The maximum atomic E-state index is 6.22. The van der Waals surface area contributed by atoms with Gasteiger partial charge in [0.25, 0.3) is 0 Å². The van der Waals surface area contributed by atoms with Gasteiger partial charge in [0.15, 0.2) is 12.6 Å². The maximum absolute atomic E-state index is 6.22. The second-order valence-electron chi connectivity index (χ2n) is 19.4. The first kappa shape index (κ1) is 44.6. The lowest BCUT2D eigenvalue weighted by Gasteiger charge is -2.31. The molecule has 330 valence electrons. The minimum absolute atomic E-state index is 0.122. The lowest BCUT2D eigenvalue weighted by molar-refractivity contribution is -0.106. The standard InChI is InChI=1S/C58H74O4/c1-3-9-43-15-19-47(20-16-43)41-55(51-31-35-53(36-32-51)61-57-11-5-7-39-59-57)49-27-23-45(24-28-49)13-14-46-25-29-50(30-26-46)56(42-48-21-17-44(10-4-2)18-22-48)52-33-37-54(38-34-52)62-58-12-6-8-40-60-58/h23-38,43-44,47-48,55-58H,3-12,15-22,39-42H2,1-2H3. The van der Waals surface area contributed by atoms with E-state index in [0.29, 0.717) is 11.8 Å². The number of hydrogen-bond acceptors (Lipinski definition) is 4. The Labute approximate surface area is 374 Å². The molecule has 4 aromatic rings. The van der Waals surface area contributed by atoms with Crippen molar-refractivity contribution in [3.05, 3.63) is 130 Å². The van der Waals surface area contributed by atoms with Crippen molar-refractivity contribution in [2.45, 2.75) is 167 Å². The van der Waals surface area contributed by atoms with E-state index >= 15 is 0 Å². The molecular formula is C58H74O4. The van der Waals surface area contributed by atoms with E-state index < -0.39 is 0 Å². The van der Waals surface area contributed by atoms with Crippen LogP contribution in [0.4, 0.5) is 0 Å². The van der Waals surface area contributed by atoms with Crippen LogP contribution in [0.2, 0.25) is 0 Å². The highest BCUT2D eigenvalue weighted by molar-refractivity contribution is 5.47. The van der Waals surface area contributed by atoms with Crippen LogP contribution in [0.15, 0.2) is 97.1 Å². The molecule has 8 rings (SSSR count). The van der Waals surface area contributed by atoms with Crippen LogP contribution >= 0.6 is 0 Å². The summed E-state index contributed by atoms with van der Waals surface area (Å²) < 4.78 is 24.2. The summed E-state index contributed by atoms with van der Waals surface area (Å²) >= 11 is 0. The Bertz CT molecular complexity index is 1800. The van der Waals surface area contributed by atoms with E-state index in [2.05, 4.69) is 123 Å². The van der Waals surface area contributed by atoms with Gasteiger partial charge in [-0.05, 0) is 133 Å². The van der Waals surface area contributed by atoms with E-state index in [1.54, 1.807) is 0 Å². The lowest BCUT2D eigenvalue weighted by atomic mass is 9.74. The zero-order valence-electron chi connectivity index (χ0n) is 38.0. The average molecular weight is 835 g/mol. The molecule has 2 saturated heterocycles. The largest absolute Gasteiger partial charge is 0.465 e. The normalized spacial score (nSPS) is 25.2. The molecule has 4 atom stereocenters. The summed E-state index contributed by atoms with van der Waals surface area (Å²) in [4.78, 5) is 0. The van der Waals surface area contributed by atoms with E-state index in [-0.39, 0.29) is 12.6 Å². The van der Waals surface area contributed by atoms with Crippen molar-refractivity contribution in [2.75, 3.05) is 13.2 Å². The molecule has 4 aliphatic rings. The Morgan fingerprint density at radius 3 is 1.10 bits per heavy atom. The molecule has 4 unspecified atom stereocenters. The Morgan fingerprint density at radius 1 is 0.435 bits per heavy atom. The zero-order chi connectivity index (χ0) is 42.4. The predicted octanol–water partition coefficient (Wildman–Crippen LogP) is 15.2. The molecule has 4 aromatic carbocycles. The summed E-state index contributed by atoms with van der Waals surface area (Å²) in [5, 5.41) is 0. The van der Waals surface area contributed by atoms with Crippen molar-refractivity contribution < 1.29 is 18.9 Å². The van der Waals surface area contributed by atoms with Gasteiger partial charge in [0.1, 0.15) is 11.5 Å². The zero-order valence-corrected chi connectivity index (χ0v) is 38.0. The van der Waals surface area contributed by atoms with Crippen LogP contribution < -0.4 is 9.47 Å². The number of ether oxygens (including phenoxy) is 4. The van der Waals surface area contributed by atoms with Crippen LogP contribution in [-0.2, 0) is 9.47 Å². The van der Waals surface area contributed by atoms with Gasteiger partial charge in [-0.3, -0.25) is 0 Å². The topological polar surface area (TPSA) is 36.9 Å². The van der Waals surface area contributed by atoms with Crippen molar-refractivity contribution in [2.24, 2.45) is 23.7 Å². The van der Waals surface area contributed by atoms with Crippen LogP contribution in [0.25, 0.3) is 0 Å². The smallest absolute Gasteiger partial charge is 0.199 e. The first-order chi connectivity index (χ1) is 30.6. The molecule has 2 heterocycles. The molecule has 0 aromatic heterocycles. The molecule has 0 bridgehead atoms. The summed E-state index contributed by atoms with van der Waals surface area (Å²) in [7, 11) is 0. The van der Waals surface area contributed by atoms with Gasteiger partial charge in [0, 0.05) is 35.8 Å². The fourth-order valence-corrected chi connectivity index (χ4v) is 11.1. The van der Waals surface area contributed by atoms with Gasteiger partial charge in [0.05, 0.1) is 13.2 Å². The van der Waals surface area contributed by atoms with Crippen LogP contribution in [0.1, 0.15) is 187 Å². The summed E-state index contributed by atoms with van der Waals surface area (Å²) in [6, 6.07) is 36.1. The van der Waals surface area contributed by atoms with Gasteiger partial charge in [-0.1, -0.05) is 151 Å². The fourth-order valence-electron chi connectivity index (χ4n) is 11.1. The van der Waals surface area contributed by atoms with Crippen LogP contribution in [-0.4, -0.2) is 25.8 Å². The summed E-state index contributed by atoms with van der Waals surface area (Å²) in [5.41, 5.74) is 7.63. The highest BCUT2D eigenvalue weighted by Gasteiger charge is 2.27. The van der Waals surface area contributed by atoms with Gasteiger partial charge in [-0.25, -0.2) is 0 Å². The van der Waals surface area contributed by atoms with Crippen LogP contribution in [0.3, 0.4) is 0 Å². The Hall–Kier alpha value is -4.04. The molecule has 4 heteroatoms. The van der Waals surface area contributed by atoms with Gasteiger partial charge >= 0.3 is 0 Å². The second kappa shape index (κ2) is 23.1. The molecule has 2 aliphatic heterocycles. The molecule has 4 nitrogen and oxygen atoms in total. The first-order valence-electron chi connectivity index (χ1n) is 25.1. The lowest BCUT2D eigenvalue weighted by Crippen LogP contribution is -2.24. The third kappa shape index (κ3) is 12.8. The molecule has 2 saturated carbocycles. The Morgan fingerprint density at radius 2 is 0.774 bits per heavy atom. The van der Waals surface area contributed by atoms with Gasteiger partial charge in [-0.2, -0.15) is 0 Å². The van der Waals surface area contributed by atoms with Crippen molar-refractivity contribution in [1.82, 2.24) is 0 Å². The SMILES string of the molecule is CCCC1CCC(CC(c2ccc(C#Cc3ccc(C(CC4CCC(CCC)CC4)c4ccc(OC5CCCCO5)cc4)cc3)cc2)c2ccc(OC3CCCCO3)cc2)CC1. The summed E-state index contributed by atoms with van der Waals surface area (Å²) in [6.07, 6.45) is 25.0. The van der Waals surface area contributed by atoms with Gasteiger partial charge < -0.3 is 18.9 Å². The van der Waals surface area contributed by atoms with Gasteiger partial charge in [-0.15, -0.1) is 0 Å². The average Bonchev–Trinajstić information content (AvgIpc) is 3.32. The highest BCUT2D eigenvalue weighted by atomic mass is 16.7. The molecular weight excluding hydrogens is 761 g/mol. The summed E-state index contributed by atoms with van der Waals surface area (Å²) in [5.74, 6) is 12.9. The minimum atomic E-state index is -0.122. The van der Waals surface area contributed by atoms with Crippen molar-refractivity contribution in [3.8, 4) is 23.3 Å². The third-order valence-electron chi connectivity index (χ3n) is 14.8. The van der Waals surface area contributed by atoms with Crippen molar-refractivity contribution in [3.63, 3.8) is 0 Å². The highest BCUT2D eigenvalue weighted by Crippen LogP contribution is 2.42. The summed E-state index contributed by atoms with van der Waals surface area (Å²) in [6.45, 7) is 6.26. The molecule has 0 amide bonds. The van der Waals surface area contributed by atoms with E-state index in [1.165, 1.54) is 125 Å². The number of benzene rings is 4. The molecule has 4 fully saturated rings. The first-order valence-corrected chi connectivity index (χ1v) is 25.1. The molecule has 0 N–H and O–H groups in total. The van der Waals surface area contributed by atoms with E-state index in [9.17, 15) is 0 Å². The molecule has 0 spiro atoms. The van der Waals surface area contributed by atoms with Crippen molar-refractivity contribution in [1.29, 1.82) is 0 Å². The van der Waals surface area contributed by atoms with E-state index in [1.807, 2.05) is 0 Å². The van der Waals surface area contributed by atoms with Gasteiger partial charge in [0.2, 0.25) is 0 Å². The molecule has 2 aliphatic carbocycles. The monoisotopic (exact) mass is 835 g/mol. The maximum Gasteiger partial charge on any atom is 0.199 e. The van der Waals surface area contributed by atoms with Crippen LogP contribution in [0.5, 0.6) is 11.5 Å². The van der Waals surface area contributed by atoms with E-state index in [0.717, 1.165) is 85.2 Å². The molecule has 0 radical (unpaired) electrons. The number of hydrogen-bond donors (Lipinski definition) is 0. The quantitative estimate of drug-likeness (QED) is 0.105. The Balaban J connectivity index is 0.950. The number of rotatable bonds is 16.